The molecule has 3 aliphatic rings. The van der Waals surface area contributed by atoms with Crippen LogP contribution in [0.4, 0.5) is 0 Å². The van der Waals surface area contributed by atoms with Gasteiger partial charge in [-0.05, 0) is 55.5 Å². The number of imide groups is 1. The van der Waals surface area contributed by atoms with Crippen LogP contribution in [-0.4, -0.2) is 40.7 Å². The monoisotopic (exact) mass is 389 g/mol. The van der Waals surface area contributed by atoms with Gasteiger partial charge in [0.05, 0.1) is 17.7 Å². The Hall–Kier alpha value is -2.99. The lowest BCUT2D eigenvalue weighted by molar-refractivity contribution is 0.0642. The van der Waals surface area contributed by atoms with Crippen molar-refractivity contribution < 1.29 is 14.4 Å². The van der Waals surface area contributed by atoms with E-state index in [1.54, 1.807) is 42.5 Å². The second kappa shape index (κ2) is 7.12. The lowest BCUT2D eigenvalue weighted by Crippen LogP contribution is -2.48. The summed E-state index contributed by atoms with van der Waals surface area (Å²) in [6, 6.07) is 15.3. The summed E-state index contributed by atoms with van der Waals surface area (Å²) in [6.45, 7) is 0.158. The smallest absolute Gasteiger partial charge is 0.261 e. The van der Waals surface area contributed by atoms with Crippen LogP contribution in [0.2, 0.25) is 0 Å². The van der Waals surface area contributed by atoms with Gasteiger partial charge in [-0.3, -0.25) is 19.3 Å². The van der Waals surface area contributed by atoms with Gasteiger partial charge in [-0.25, -0.2) is 0 Å². The Balaban J connectivity index is 1.28. The van der Waals surface area contributed by atoms with Crippen molar-refractivity contribution in [1.29, 1.82) is 0 Å². The molecule has 5 rings (SSSR count). The fourth-order valence-corrected chi connectivity index (χ4v) is 4.82. The Morgan fingerprint density at radius 3 is 2.28 bits per heavy atom. The van der Waals surface area contributed by atoms with Crippen LogP contribution in [-0.2, 0) is 6.54 Å². The lowest BCUT2D eigenvalue weighted by Gasteiger charge is -2.29. The number of nitrogens with one attached hydrogen (secondary N) is 2. The molecule has 148 valence electrons. The van der Waals surface area contributed by atoms with E-state index in [1.165, 1.54) is 17.7 Å². The van der Waals surface area contributed by atoms with Gasteiger partial charge in [-0.2, -0.15) is 0 Å². The molecule has 0 radical (unpaired) electrons. The molecule has 6 heteroatoms. The molecule has 2 saturated heterocycles. The van der Waals surface area contributed by atoms with Crippen LogP contribution in [0.15, 0.2) is 48.5 Å². The number of carbonyl (C=O) groups excluding carboxylic acids is 3. The van der Waals surface area contributed by atoms with E-state index in [9.17, 15) is 14.4 Å². The summed E-state index contributed by atoms with van der Waals surface area (Å²) in [6.07, 6.45) is 4.31. The molecular formula is C23H23N3O3. The first kappa shape index (κ1) is 18.1. The molecule has 2 atom stereocenters. The first-order valence-electron chi connectivity index (χ1n) is 10.2. The van der Waals surface area contributed by atoms with Gasteiger partial charge in [0, 0.05) is 23.7 Å². The highest BCUT2D eigenvalue weighted by molar-refractivity contribution is 6.21. The van der Waals surface area contributed by atoms with Crippen molar-refractivity contribution >= 4 is 17.7 Å². The molecule has 2 N–H and O–H groups in total. The summed E-state index contributed by atoms with van der Waals surface area (Å²) in [5, 5.41) is 6.74. The van der Waals surface area contributed by atoms with E-state index in [2.05, 4.69) is 10.6 Å². The molecule has 2 fully saturated rings. The van der Waals surface area contributed by atoms with Crippen molar-refractivity contribution in [1.82, 2.24) is 15.5 Å². The molecule has 29 heavy (non-hydrogen) atoms. The van der Waals surface area contributed by atoms with E-state index in [4.69, 9.17) is 0 Å². The van der Waals surface area contributed by atoms with Crippen LogP contribution in [0.5, 0.6) is 0 Å². The number of hydrogen-bond donors (Lipinski definition) is 2. The standard InChI is InChI=1S/C23H23N3O3/c27-21(25-18-11-16-8-9-17(12-18)24-16)15-5-3-4-14(10-15)13-26-22(28)19-6-1-2-7-20(19)23(26)29/h1-7,10,16-18,24H,8-9,11-13H2,(H,25,27). The van der Waals surface area contributed by atoms with Crippen molar-refractivity contribution in [2.75, 3.05) is 0 Å². The van der Waals surface area contributed by atoms with Gasteiger partial charge in [-0.1, -0.05) is 24.3 Å². The zero-order chi connectivity index (χ0) is 20.0. The quantitative estimate of drug-likeness (QED) is 0.788. The Kier molecular flexibility index (Phi) is 4.43. The van der Waals surface area contributed by atoms with Gasteiger partial charge in [0.15, 0.2) is 0 Å². The molecule has 0 aromatic heterocycles. The highest BCUT2D eigenvalue weighted by Gasteiger charge is 2.36. The first-order chi connectivity index (χ1) is 14.1. The Bertz CT molecular complexity index is 955. The maximum absolute atomic E-state index is 12.8. The minimum Gasteiger partial charge on any atom is -0.349 e. The average molecular weight is 389 g/mol. The Morgan fingerprint density at radius 2 is 1.62 bits per heavy atom. The third-order valence-electron chi connectivity index (χ3n) is 6.22. The zero-order valence-electron chi connectivity index (χ0n) is 16.1. The maximum Gasteiger partial charge on any atom is 0.261 e. The molecular weight excluding hydrogens is 366 g/mol. The molecule has 0 aliphatic carbocycles. The van der Waals surface area contributed by atoms with Crippen LogP contribution in [0.25, 0.3) is 0 Å². The third kappa shape index (κ3) is 3.34. The molecule has 0 saturated carbocycles. The number of fused-ring (bicyclic) bond motifs is 3. The minimum absolute atomic E-state index is 0.0967. The SMILES string of the molecule is O=C(NC1CC2CCC(C1)N2)c1cccc(CN2C(=O)c3ccccc3C2=O)c1. The fourth-order valence-electron chi connectivity index (χ4n) is 4.82. The number of amides is 3. The van der Waals surface area contributed by atoms with E-state index in [0.717, 1.165) is 18.4 Å². The van der Waals surface area contributed by atoms with Crippen molar-refractivity contribution in [2.45, 2.75) is 50.4 Å². The van der Waals surface area contributed by atoms with Gasteiger partial charge < -0.3 is 10.6 Å². The number of piperidine rings is 1. The molecule has 0 spiro atoms. The first-order valence-corrected chi connectivity index (χ1v) is 10.2. The second-order valence-corrected chi connectivity index (χ2v) is 8.22. The summed E-state index contributed by atoms with van der Waals surface area (Å²) in [5.41, 5.74) is 2.20. The van der Waals surface area contributed by atoms with E-state index in [1.807, 2.05) is 6.07 Å². The van der Waals surface area contributed by atoms with E-state index < -0.39 is 0 Å². The van der Waals surface area contributed by atoms with E-state index >= 15 is 0 Å². The van der Waals surface area contributed by atoms with E-state index in [0.29, 0.717) is 28.8 Å². The number of hydrogen-bond acceptors (Lipinski definition) is 4. The van der Waals surface area contributed by atoms with Crippen molar-refractivity contribution in [3.05, 3.63) is 70.8 Å². The fraction of sp³-hybridized carbons (Fsp3) is 0.348. The normalized spacial score (nSPS) is 25.2. The molecule has 3 amide bonds. The number of rotatable bonds is 4. The highest BCUT2D eigenvalue weighted by atomic mass is 16.2. The van der Waals surface area contributed by atoms with Gasteiger partial charge in [0.25, 0.3) is 17.7 Å². The largest absolute Gasteiger partial charge is 0.349 e. The van der Waals surface area contributed by atoms with Gasteiger partial charge in [0.1, 0.15) is 0 Å². The van der Waals surface area contributed by atoms with Gasteiger partial charge in [-0.15, -0.1) is 0 Å². The summed E-state index contributed by atoms with van der Waals surface area (Å²) in [4.78, 5) is 39.2. The summed E-state index contributed by atoms with van der Waals surface area (Å²) < 4.78 is 0. The predicted octanol–water partition coefficient (Wildman–Crippen LogP) is 2.50. The number of benzene rings is 2. The van der Waals surface area contributed by atoms with Crippen molar-refractivity contribution in [3.8, 4) is 0 Å². The highest BCUT2D eigenvalue weighted by Crippen LogP contribution is 2.27. The third-order valence-corrected chi connectivity index (χ3v) is 6.22. The lowest BCUT2D eigenvalue weighted by atomic mass is 9.99. The molecule has 3 aliphatic heterocycles. The molecule has 2 aromatic carbocycles. The molecule has 2 aromatic rings. The van der Waals surface area contributed by atoms with Crippen LogP contribution >= 0.6 is 0 Å². The van der Waals surface area contributed by atoms with E-state index in [-0.39, 0.29) is 30.3 Å². The topological polar surface area (TPSA) is 78.5 Å². The van der Waals surface area contributed by atoms with Crippen LogP contribution < -0.4 is 10.6 Å². The predicted molar refractivity (Wildman–Crippen MR) is 108 cm³/mol. The molecule has 6 nitrogen and oxygen atoms in total. The Morgan fingerprint density at radius 1 is 0.966 bits per heavy atom. The number of carbonyl (C=O) groups is 3. The summed E-state index contributed by atoms with van der Waals surface area (Å²) in [5.74, 6) is -0.670. The van der Waals surface area contributed by atoms with Crippen LogP contribution in [0.3, 0.4) is 0 Å². The second-order valence-electron chi connectivity index (χ2n) is 8.22. The molecule has 3 heterocycles. The van der Waals surface area contributed by atoms with Crippen LogP contribution in [0, 0.1) is 0 Å². The van der Waals surface area contributed by atoms with Crippen LogP contribution in [0.1, 0.15) is 62.3 Å². The Labute approximate surface area is 169 Å². The maximum atomic E-state index is 12.8. The van der Waals surface area contributed by atoms with Gasteiger partial charge in [0.2, 0.25) is 0 Å². The minimum atomic E-state index is -0.286. The van der Waals surface area contributed by atoms with Crippen molar-refractivity contribution in [2.24, 2.45) is 0 Å². The zero-order valence-corrected chi connectivity index (χ0v) is 16.1. The van der Waals surface area contributed by atoms with Crippen molar-refractivity contribution in [3.63, 3.8) is 0 Å². The number of nitrogens with zero attached hydrogens (tertiary/aromatic N) is 1. The van der Waals surface area contributed by atoms with Gasteiger partial charge >= 0.3 is 0 Å². The molecule has 2 unspecified atom stereocenters. The summed E-state index contributed by atoms with van der Waals surface area (Å²) >= 11 is 0. The average Bonchev–Trinajstić information content (AvgIpc) is 3.20. The molecule has 2 bridgehead atoms. The summed E-state index contributed by atoms with van der Waals surface area (Å²) in [7, 11) is 0.